The highest BCUT2D eigenvalue weighted by Crippen LogP contribution is 2.24. The number of benzene rings is 2. The minimum atomic E-state index is -0.171. The van der Waals surface area contributed by atoms with Crippen molar-refractivity contribution in [3.05, 3.63) is 59.7 Å². The molecular formula is C17H20N2O2. The van der Waals surface area contributed by atoms with Crippen LogP contribution in [0.4, 0.5) is 10.5 Å². The maximum absolute atomic E-state index is 12.3. The molecular weight excluding hydrogens is 264 g/mol. The highest BCUT2D eigenvalue weighted by atomic mass is 16.3. The fourth-order valence-corrected chi connectivity index (χ4v) is 2.18. The molecule has 0 saturated heterocycles. The second-order valence-electron chi connectivity index (χ2n) is 4.86. The second-order valence-corrected chi connectivity index (χ2v) is 4.86. The van der Waals surface area contributed by atoms with Gasteiger partial charge in [0.2, 0.25) is 0 Å². The molecule has 2 rings (SSSR count). The standard InChI is InChI=1S/C17H20N2O2/c1-3-19(16-11-15(20)10-9-13(16)2)17(21)18-12-14-7-5-4-6-8-14/h4-11,20H,3,12H2,1-2H3,(H,18,21). The Hall–Kier alpha value is -2.49. The number of hydrogen-bond acceptors (Lipinski definition) is 2. The maximum atomic E-state index is 12.3. The van der Waals surface area contributed by atoms with Crippen molar-refractivity contribution in [2.75, 3.05) is 11.4 Å². The molecule has 0 aromatic heterocycles. The van der Waals surface area contributed by atoms with E-state index in [0.29, 0.717) is 13.1 Å². The van der Waals surface area contributed by atoms with Gasteiger partial charge in [-0.2, -0.15) is 0 Å². The molecule has 0 aliphatic rings. The summed E-state index contributed by atoms with van der Waals surface area (Å²) in [6, 6.07) is 14.6. The van der Waals surface area contributed by atoms with Crippen LogP contribution in [0.2, 0.25) is 0 Å². The van der Waals surface area contributed by atoms with Crippen LogP contribution in [0.15, 0.2) is 48.5 Å². The van der Waals surface area contributed by atoms with Gasteiger partial charge in [0, 0.05) is 19.2 Å². The zero-order valence-electron chi connectivity index (χ0n) is 12.3. The minimum Gasteiger partial charge on any atom is -0.508 e. The SMILES string of the molecule is CCN(C(=O)NCc1ccccc1)c1cc(O)ccc1C. The molecule has 0 aliphatic carbocycles. The normalized spacial score (nSPS) is 10.2. The van der Waals surface area contributed by atoms with Gasteiger partial charge in [0.25, 0.3) is 0 Å². The lowest BCUT2D eigenvalue weighted by Gasteiger charge is -2.23. The zero-order chi connectivity index (χ0) is 15.2. The Morgan fingerprint density at radius 3 is 2.57 bits per heavy atom. The first-order valence-electron chi connectivity index (χ1n) is 7.00. The van der Waals surface area contributed by atoms with E-state index < -0.39 is 0 Å². The first-order chi connectivity index (χ1) is 10.1. The Bertz CT molecular complexity index is 611. The van der Waals surface area contributed by atoms with Gasteiger partial charge in [0.1, 0.15) is 5.75 Å². The van der Waals surface area contributed by atoms with E-state index in [0.717, 1.165) is 16.8 Å². The predicted molar refractivity (Wildman–Crippen MR) is 84.5 cm³/mol. The van der Waals surface area contributed by atoms with Crippen LogP contribution in [0.5, 0.6) is 5.75 Å². The van der Waals surface area contributed by atoms with Crippen LogP contribution >= 0.6 is 0 Å². The lowest BCUT2D eigenvalue weighted by atomic mass is 10.1. The number of nitrogens with zero attached hydrogens (tertiary/aromatic N) is 1. The molecule has 0 unspecified atom stereocenters. The molecule has 0 radical (unpaired) electrons. The summed E-state index contributed by atoms with van der Waals surface area (Å²) in [6.45, 7) is 4.84. The zero-order valence-corrected chi connectivity index (χ0v) is 12.3. The van der Waals surface area contributed by atoms with E-state index in [-0.39, 0.29) is 11.8 Å². The third kappa shape index (κ3) is 3.75. The topological polar surface area (TPSA) is 52.6 Å². The Labute approximate surface area is 125 Å². The molecule has 2 aromatic rings. The molecule has 2 amide bonds. The van der Waals surface area contributed by atoms with Crippen molar-refractivity contribution < 1.29 is 9.90 Å². The molecule has 2 N–H and O–H groups in total. The highest BCUT2D eigenvalue weighted by Gasteiger charge is 2.15. The van der Waals surface area contributed by atoms with Gasteiger partial charge in [-0.25, -0.2) is 4.79 Å². The molecule has 0 heterocycles. The molecule has 4 nitrogen and oxygen atoms in total. The van der Waals surface area contributed by atoms with Gasteiger partial charge in [0.15, 0.2) is 0 Å². The summed E-state index contributed by atoms with van der Waals surface area (Å²) in [7, 11) is 0. The summed E-state index contributed by atoms with van der Waals surface area (Å²) in [5, 5.41) is 12.5. The lowest BCUT2D eigenvalue weighted by molar-refractivity contribution is 0.246. The van der Waals surface area contributed by atoms with Crippen LogP contribution < -0.4 is 10.2 Å². The van der Waals surface area contributed by atoms with Gasteiger partial charge in [-0.15, -0.1) is 0 Å². The number of carbonyl (C=O) groups excluding carboxylic acids is 1. The first kappa shape index (κ1) is 14.9. The Morgan fingerprint density at radius 1 is 1.19 bits per heavy atom. The Balaban J connectivity index is 2.10. The van der Waals surface area contributed by atoms with E-state index in [1.165, 1.54) is 0 Å². The number of rotatable bonds is 4. The minimum absolute atomic E-state index is 0.157. The summed E-state index contributed by atoms with van der Waals surface area (Å²) >= 11 is 0. The summed E-state index contributed by atoms with van der Waals surface area (Å²) in [5.41, 5.74) is 2.72. The van der Waals surface area contributed by atoms with Crippen LogP contribution in [0.1, 0.15) is 18.1 Å². The van der Waals surface area contributed by atoms with Crippen molar-refractivity contribution in [1.29, 1.82) is 0 Å². The molecule has 0 spiro atoms. The van der Waals surface area contributed by atoms with Crippen LogP contribution in [-0.4, -0.2) is 17.7 Å². The Kier molecular flexibility index (Phi) is 4.82. The third-order valence-corrected chi connectivity index (χ3v) is 3.33. The van der Waals surface area contributed by atoms with Crippen LogP contribution in [0, 0.1) is 6.92 Å². The number of aryl methyl sites for hydroxylation is 1. The predicted octanol–water partition coefficient (Wildman–Crippen LogP) is 3.44. The smallest absolute Gasteiger partial charge is 0.322 e. The third-order valence-electron chi connectivity index (χ3n) is 3.33. The van der Waals surface area contributed by atoms with E-state index in [4.69, 9.17) is 0 Å². The molecule has 21 heavy (non-hydrogen) atoms. The van der Waals surface area contributed by atoms with Crippen LogP contribution in [0.25, 0.3) is 0 Å². The summed E-state index contributed by atoms with van der Waals surface area (Å²) in [4.78, 5) is 14.0. The van der Waals surface area contributed by atoms with Gasteiger partial charge in [-0.1, -0.05) is 36.4 Å². The van der Waals surface area contributed by atoms with E-state index in [1.54, 1.807) is 23.1 Å². The monoisotopic (exact) mass is 284 g/mol. The summed E-state index contributed by atoms with van der Waals surface area (Å²) in [5.74, 6) is 0.157. The number of urea groups is 1. The maximum Gasteiger partial charge on any atom is 0.322 e. The van der Waals surface area contributed by atoms with Crippen LogP contribution in [0.3, 0.4) is 0 Å². The van der Waals surface area contributed by atoms with Crippen molar-refractivity contribution in [2.45, 2.75) is 20.4 Å². The van der Waals surface area contributed by atoms with Crippen molar-refractivity contribution in [3.8, 4) is 5.75 Å². The molecule has 0 saturated carbocycles. The quantitative estimate of drug-likeness (QED) is 0.903. The van der Waals surface area contributed by atoms with Crippen LogP contribution in [-0.2, 0) is 6.54 Å². The van der Waals surface area contributed by atoms with Gasteiger partial charge in [0.05, 0.1) is 5.69 Å². The summed E-state index contributed by atoms with van der Waals surface area (Å²) < 4.78 is 0. The van der Waals surface area contributed by atoms with Crippen molar-refractivity contribution in [3.63, 3.8) is 0 Å². The molecule has 0 aliphatic heterocycles. The van der Waals surface area contributed by atoms with Gasteiger partial charge >= 0.3 is 6.03 Å². The van der Waals surface area contributed by atoms with Gasteiger partial charge in [-0.3, -0.25) is 4.90 Å². The first-order valence-corrected chi connectivity index (χ1v) is 7.00. The fourth-order valence-electron chi connectivity index (χ4n) is 2.18. The number of amides is 2. The number of hydrogen-bond donors (Lipinski definition) is 2. The lowest BCUT2D eigenvalue weighted by Crippen LogP contribution is -2.40. The van der Waals surface area contributed by atoms with E-state index in [2.05, 4.69) is 5.32 Å². The van der Waals surface area contributed by atoms with Gasteiger partial charge in [-0.05, 0) is 31.0 Å². The van der Waals surface area contributed by atoms with Gasteiger partial charge < -0.3 is 10.4 Å². The molecule has 110 valence electrons. The fraction of sp³-hybridized carbons (Fsp3) is 0.235. The highest BCUT2D eigenvalue weighted by molar-refractivity contribution is 5.92. The van der Waals surface area contributed by atoms with Crippen molar-refractivity contribution in [1.82, 2.24) is 5.32 Å². The van der Waals surface area contributed by atoms with E-state index in [1.807, 2.05) is 44.2 Å². The average Bonchev–Trinajstić information content (AvgIpc) is 2.50. The van der Waals surface area contributed by atoms with E-state index in [9.17, 15) is 9.90 Å². The average molecular weight is 284 g/mol. The molecule has 2 aromatic carbocycles. The molecule has 4 heteroatoms. The molecule has 0 fully saturated rings. The number of anilines is 1. The van der Waals surface area contributed by atoms with Crippen molar-refractivity contribution >= 4 is 11.7 Å². The molecule has 0 bridgehead atoms. The largest absolute Gasteiger partial charge is 0.508 e. The molecule has 0 atom stereocenters. The summed E-state index contributed by atoms with van der Waals surface area (Å²) in [6.07, 6.45) is 0. The van der Waals surface area contributed by atoms with E-state index >= 15 is 0 Å². The Morgan fingerprint density at radius 2 is 1.90 bits per heavy atom. The number of carbonyl (C=O) groups is 1. The van der Waals surface area contributed by atoms with Crippen molar-refractivity contribution in [2.24, 2.45) is 0 Å². The number of aromatic hydroxyl groups is 1. The second kappa shape index (κ2) is 6.79. The number of nitrogens with one attached hydrogen (secondary N) is 1. The number of phenolic OH excluding ortho intramolecular Hbond substituents is 1. The number of phenols is 1.